The van der Waals surface area contributed by atoms with Gasteiger partial charge < -0.3 is 14.2 Å². The van der Waals surface area contributed by atoms with Gasteiger partial charge in [-0.1, -0.05) is 23.7 Å². The summed E-state index contributed by atoms with van der Waals surface area (Å²) in [6, 6.07) is 7.17. The molecule has 0 amide bonds. The topological polar surface area (TPSA) is 61.8 Å². The second-order valence-corrected chi connectivity index (χ2v) is 7.09. The molecule has 1 saturated carbocycles. The number of allylic oxidation sites excluding steroid dienone is 1. The first-order valence-corrected chi connectivity index (χ1v) is 9.35. The first kappa shape index (κ1) is 18.9. The number of rotatable bonds is 5. The molecule has 140 valence electrons. The summed E-state index contributed by atoms with van der Waals surface area (Å²) in [7, 11) is 0. The first-order valence-electron chi connectivity index (χ1n) is 8.97. The zero-order chi connectivity index (χ0) is 18.7. The predicted octanol–water partition coefficient (Wildman–Crippen LogP) is 3.79. The Morgan fingerprint density at radius 2 is 2.04 bits per heavy atom. The lowest BCUT2D eigenvalue weighted by molar-refractivity contribution is -0.163. The van der Waals surface area contributed by atoms with Crippen molar-refractivity contribution in [2.45, 2.75) is 51.4 Å². The van der Waals surface area contributed by atoms with Gasteiger partial charge in [-0.05, 0) is 44.4 Å². The number of Topliss-reactive ketones (excluding diaryl/α,β-unsaturated/α-hetero) is 1. The van der Waals surface area contributed by atoms with E-state index in [1.807, 2.05) is 12.1 Å². The highest BCUT2D eigenvalue weighted by Crippen LogP contribution is 2.37. The van der Waals surface area contributed by atoms with Crippen molar-refractivity contribution in [1.82, 2.24) is 0 Å². The first-order chi connectivity index (χ1) is 12.5. The second-order valence-electron chi connectivity index (χ2n) is 6.65. The van der Waals surface area contributed by atoms with E-state index in [0.29, 0.717) is 36.5 Å². The molecule has 1 aromatic rings. The van der Waals surface area contributed by atoms with Crippen molar-refractivity contribution in [2.24, 2.45) is 5.92 Å². The van der Waals surface area contributed by atoms with Crippen LogP contribution in [0, 0.1) is 5.92 Å². The van der Waals surface area contributed by atoms with E-state index < -0.39 is 6.10 Å². The zero-order valence-corrected chi connectivity index (χ0v) is 15.7. The number of hydrogen-bond donors (Lipinski definition) is 0. The summed E-state index contributed by atoms with van der Waals surface area (Å²) in [6.07, 6.45) is 2.58. The highest BCUT2D eigenvalue weighted by molar-refractivity contribution is 6.30. The molecule has 1 aromatic carbocycles. The summed E-state index contributed by atoms with van der Waals surface area (Å²) in [5, 5.41) is 0.629. The largest absolute Gasteiger partial charge is 0.496 e. The summed E-state index contributed by atoms with van der Waals surface area (Å²) in [4.78, 5) is 24.6. The maximum Gasteiger partial charge on any atom is 0.334 e. The second kappa shape index (κ2) is 8.23. The minimum Gasteiger partial charge on any atom is -0.496 e. The molecule has 1 heterocycles. The monoisotopic (exact) mass is 378 g/mol. The van der Waals surface area contributed by atoms with Gasteiger partial charge in [-0.2, -0.15) is 0 Å². The molecule has 0 N–H and O–H groups in total. The van der Waals surface area contributed by atoms with Crippen molar-refractivity contribution in [3.8, 4) is 0 Å². The van der Waals surface area contributed by atoms with Crippen LogP contribution in [-0.2, 0) is 23.8 Å². The van der Waals surface area contributed by atoms with Crippen molar-refractivity contribution in [1.29, 1.82) is 0 Å². The average Bonchev–Trinajstić information content (AvgIpc) is 2.63. The van der Waals surface area contributed by atoms with Crippen LogP contribution in [-0.4, -0.2) is 36.7 Å². The zero-order valence-electron chi connectivity index (χ0n) is 14.9. The molecule has 0 spiro atoms. The summed E-state index contributed by atoms with van der Waals surface area (Å²) < 4.78 is 16.6. The number of benzene rings is 1. The Kier molecular flexibility index (Phi) is 5.99. The Morgan fingerprint density at radius 3 is 2.73 bits per heavy atom. The van der Waals surface area contributed by atoms with E-state index in [-0.39, 0.29) is 29.9 Å². The van der Waals surface area contributed by atoms with Crippen LogP contribution in [0.15, 0.2) is 30.5 Å². The number of halogens is 1. The van der Waals surface area contributed by atoms with E-state index in [0.717, 1.165) is 5.56 Å². The van der Waals surface area contributed by atoms with Gasteiger partial charge in [-0.3, -0.25) is 4.79 Å². The Labute approximate surface area is 158 Å². The normalized spacial score (nSPS) is 26.3. The van der Waals surface area contributed by atoms with Crippen LogP contribution in [0.4, 0.5) is 0 Å². The SMILES string of the molecule is CCOC(=O)C(C)OC1CCC2C(=O)C(c3ccc(Cl)cc3)=COC2C1. The third-order valence-corrected chi connectivity index (χ3v) is 5.13. The molecular formula is C20H23ClO5. The minimum absolute atomic E-state index is 0.0977. The number of ether oxygens (including phenoxy) is 3. The Hall–Kier alpha value is -1.85. The molecule has 1 fully saturated rings. The highest BCUT2D eigenvalue weighted by Gasteiger charge is 2.41. The lowest BCUT2D eigenvalue weighted by atomic mass is 9.78. The summed E-state index contributed by atoms with van der Waals surface area (Å²) in [5.41, 5.74) is 1.40. The number of hydrogen-bond acceptors (Lipinski definition) is 5. The Morgan fingerprint density at radius 1 is 1.31 bits per heavy atom. The quantitative estimate of drug-likeness (QED) is 0.729. The fourth-order valence-corrected chi connectivity index (χ4v) is 3.65. The van der Waals surface area contributed by atoms with Gasteiger partial charge in [-0.25, -0.2) is 4.79 Å². The molecule has 26 heavy (non-hydrogen) atoms. The molecule has 0 radical (unpaired) electrons. The number of carbonyl (C=O) groups is 2. The lowest BCUT2D eigenvalue weighted by Crippen LogP contribution is -2.43. The fourth-order valence-electron chi connectivity index (χ4n) is 3.52. The van der Waals surface area contributed by atoms with Crippen LogP contribution in [0.1, 0.15) is 38.7 Å². The molecule has 3 rings (SSSR count). The van der Waals surface area contributed by atoms with Crippen molar-refractivity contribution in [3.63, 3.8) is 0 Å². The molecule has 6 heteroatoms. The summed E-state index contributed by atoms with van der Waals surface area (Å²) >= 11 is 5.91. The molecular weight excluding hydrogens is 356 g/mol. The maximum absolute atomic E-state index is 12.9. The van der Waals surface area contributed by atoms with Crippen LogP contribution in [0.25, 0.3) is 5.57 Å². The van der Waals surface area contributed by atoms with Crippen molar-refractivity contribution >= 4 is 28.9 Å². The van der Waals surface area contributed by atoms with Crippen LogP contribution in [0.5, 0.6) is 0 Å². The summed E-state index contributed by atoms with van der Waals surface area (Å²) in [5.74, 6) is -0.441. The van der Waals surface area contributed by atoms with Gasteiger partial charge in [0, 0.05) is 11.4 Å². The third-order valence-electron chi connectivity index (χ3n) is 4.88. The standard InChI is InChI=1S/C20H23ClO5/c1-3-24-20(23)12(2)26-15-8-9-16-18(10-15)25-11-17(19(16)22)13-4-6-14(21)7-5-13/h4-7,11-12,15-16,18H,3,8-10H2,1-2H3. The van der Waals surface area contributed by atoms with Crippen molar-refractivity contribution in [2.75, 3.05) is 6.61 Å². The van der Waals surface area contributed by atoms with Gasteiger partial charge in [0.1, 0.15) is 6.10 Å². The van der Waals surface area contributed by atoms with Gasteiger partial charge in [0.05, 0.1) is 30.5 Å². The Balaban J connectivity index is 1.64. The molecule has 4 unspecified atom stereocenters. The van der Waals surface area contributed by atoms with Crippen LogP contribution < -0.4 is 0 Å². The van der Waals surface area contributed by atoms with Gasteiger partial charge in [0.15, 0.2) is 11.9 Å². The van der Waals surface area contributed by atoms with E-state index in [1.54, 1.807) is 32.2 Å². The van der Waals surface area contributed by atoms with Crippen LogP contribution in [0.3, 0.4) is 0 Å². The predicted molar refractivity (Wildman–Crippen MR) is 97.6 cm³/mol. The average molecular weight is 379 g/mol. The van der Waals surface area contributed by atoms with E-state index in [9.17, 15) is 9.59 Å². The molecule has 1 aliphatic carbocycles. The number of ketones is 1. The van der Waals surface area contributed by atoms with Gasteiger partial charge >= 0.3 is 5.97 Å². The lowest BCUT2D eigenvalue weighted by Gasteiger charge is -2.38. The summed E-state index contributed by atoms with van der Waals surface area (Å²) in [6.45, 7) is 3.79. The number of fused-ring (bicyclic) bond motifs is 1. The molecule has 1 aliphatic heterocycles. The smallest absolute Gasteiger partial charge is 0.334 e. The van der Waals surface area contributed by atoms with Crippen molar-refractivity contribution < 1.29 is 23.8 Å². The molecule has 0 saturated heterocycles. The van der Waals surface area contributed by atoms with Gasteiger partial charge in [0.25, 0.3) is 0 Å². The van der Waals surface area contributed by atoms with Crippen molar-refractivity contribution in [3.05, 3.63) is 41.1 Å². The molecule has 0 aromatic heterocycles. The highest BCUT2D eigenvalue weighted by atomic mass is 35.5. The van der Waals surface area contributed by atoms with E-state index >= 15 is 0 Å². The number of esters is 1. The Bertz CT molecular complexity index is 697. The van der Waals surface area contributed by atoms with E-state index in [2.05, 4.69) is 0 Å². The van der Waals surface area contributed by atoms with Gasteiger partial charge in [-0.15, -0.1) is 0 Å². The fraction of sp³-hybridized carbons (Fsp3) is 0.500. The molecule has 4 atom stereocenters. The maximum atomic E-state index is 12.9. The number of carbonyl (C=O) groups excluding carboxylic acids is 2. The molecule has 5 nitrogen and oxygen atoms in total. The minimum atomic E-state index is -0.615. The van der Waals surface area contributed by atoms with Gasteiger partial charge in [0.2, 0.25) is 0 Å². The van der Waals surface area contributed by atoms with Crippen LogP contribution >= 0.6 is 11.6 Å². The molecule has 0 bridgehead atoms. The van der Waals surface area contributed by atoms with E-state index in [1.165, 1.54) is 0 Å². The third kappa shape index (κ3) is 4.10. The molecule has 2 aliphatic rings. The van der Waals surface area contributed by atoms with E-state index in [4.69, 9.17) is 25.8 Å². The van der Waals surface area contributed by atoms with Crippen LogP contribution in [0.2, 0.25) is 5.02 Å².